The molecule has 0 aromatic heterocycles. The average Bonchev–Trinajstić information content (AvgIpc) is 2.87. The molecule has 0 spiro atoms. The molecule has 1 atom stereocenters. The van der Waals surface area contributed by atoms with Gasteiger partial charge in [0.05, 0.1) is 23.2 Å². The molecular weight excluding hydrogens is 536 g/mol. The number of amides is 2. The highest BCUT2D eigenvalue weighted by Crippen LogP contribution is 2.42. The maximum atomic E-state index is 13.4. The van der Waals surface area contributed by atoms with Gasteiger partial charge in [0.25, 0.3) is 5.91 Å². The fraction of sp³-hybridized carbons (Fsp3) is 0.241. The molecule has 0 saturated heterocycles. The molecule has 1 heterocycles. The van der Waals surface area contributed by atoms with Crippen LogP contribution in [0.3, 0.4) is 0 Å². The molecule has 4 rings (SSSR count). The highest BCUT2D eigenvalue weighted by atomic mass is 79.9. The second kappa shape index (κ2) is 12.3. The first-order chi connectivity index (χ1) is 17.4. The van der Waals surface area contributed by atoms with Gasteiger partial charge in [-0.1, -0.05) is 77.4 Å². The van der Waals surface area contributed by atoms with Gasteiger partial charge in [-0.25, -0.2) is 0 Å². The van der Waals surface area contributed by atoms with Crippen molar-refractivity contribution in [3.63, 3.8) is 0 Å². The fourth-order valence-electron chi connectivity index (χ4n) is 3.87. The van der Waals surface area contributed by atoms with Crippen LogP contribution in [0.15, 0.2) is 87.1 Å². The van der Waals surface area contributed by atoms with Crippen LogP contribution in [-0.4, -0.2) is 25.0 Å². The fourth-order valence-corrected chi connectivity index (χ4v) is 5.34. The lowest BCUT2D eigenvalue weighted by molar-refractivity contribution is -0.122. The monoisotopic (exact) mass is 564 g/mol. The van der Waals surface area contributed by atoms with Crippen molar-refractivity contribution < 1.29 is 14.3 Å². The van der Waals surface area contributed by atoms with Crippen LogP contribution in [0.2, 0.25) is 0 Å². The summed E-state index contributed by atoms with van der Waals surface area (Å²) in [4.78, 5) is 29.6. The number of fused-ring (bicyclic) bond motifs is 1. The van der Waals surface area contributed by atoms with Crippen molar-refractivity contribution in [2.75, 3.05) is 18.1 Å². The third-order valence-corrected chi connectivity index (χ3v) is 7.38. The maximum absolute atomic E-state index is 13.4. The quantitative estimate of drug-likeness (QED) is 0.225. The second-order valence-corrected chi connectivity index (χ2v) is 10.6. The first-order valence-electron chi connectivity index (χ1n) is 12.0. The Morgan fingerprint density at radius 2 is 1.89 bits per heavy atom. The number of hydrogen-bond donors (Lipinski definition) is 1. The average molecular weight is 566 g/mol. The number of benzene rings is 3. The molecular formula is C29H29BrN2O3S. The van der Waals surface area contributed by atoms with E-state index in [1.54, 1.807) is 4.90 Å². The molecule has 186 valence electrons. The molecule has 3 aromatic rings. The van der Waals surface area contributed by atoms with Crippen LogP contribution >= 0.6 is 27.7 Å². The number of carbonyl (C=O) groups excluding carboxylic acids is 2. The standard InChI is InChI=1S/C29H29BrN2O3S/c1-3-4-16-35-24-14-12-22(13-15-24)20(2)31-28(33)19-32-25-10-5-6-11-26(25)36-27(29(32)34)18-21-8-7-9-23(30)17-21/h5-15,17-18,20H,3-4,16,19H2,1-2H3,(H,31,33)/b27-18+. The van der Waals surface area contributed by atoms with Crippen molar-refractivity contribution in [2.24, 2.45) is 0 Å². The zero-order chi connectivity index (χ0) is 25.5. The highest BCUT2D eigenvalue weighted by molar-refractivity contribution is 9.10. The van der Waals surface area contributed by atoms with Crippen LogP contribution < -0.4 is 15.0 Å². The SMILES string of the molecule is CCCCOc1ccc(C(C)NC(=O)CN2C(=O)/C(=C\c3cccc(Br)c3)Sc3ccccc32)cc1. The minimum absolute atomic E-state index is 0.0607. The zero-order valence-corrected chi connectivity index (χ0v) is 22.8. The van der Waals surface area contributed by atoms with Crippen LogP contribution in [0.5, 0.6) is 5.75 Å². The number of ether oxygens (including phenoxy) is 1. The number of nitrogens with zero attached hydrogens (tertiary/aromatic N) is 1. The number of rotatable bonds is 9. The van der Waals surface area contributed by atoms with Crippen molar-refractivity contribution in [1.82, 2.24) is 5.32 Å². The summed E-state index contributed by atoms with van der Waals surface area (Å²) >= 11 is 4.91. The molecule has 3 aromatic carbocycles. The number of para-hydroxylation sites is 1. The van der Waals surface area contributed by atoms with E-state index in [0.29, 0.717) is 11.5 Å². The molecule has 0 saturated carbocycles. The van der Waals surface area contributed by atoms with Gasteiger partial charge < -0.3 is 10.1 Å². The molecule has 0 fully saturated rings. The molecule has 1 aliphatic rings. The smallest absolute Gasteiger partial charge is 0.265 e. The molecule has 1 N–H and O–H groups in total. The van der Waals surface area contributed by atoms with Crippen molar-refractivity contribution >= 4 is 51.3 Å². The summed E-state index contributed by atoms with van der Waals surface area (Å²) in [5, 5.41) is 3.03. The normalized spacial score (nSPS) is 14.9. The number of thioether (sulfide) groups is 1. The van der Waals surface area contributed by atoms with E-state index in [1.807, 2.05) is 85.8 Å². The van der Waals surface area contributed by atoms with Gasteiger partial charge >= 0.3 is 0 Å². The lowest BCUT2D eigenvalue weighted by Crippen LogP contribution is -2.43. The van der Waals surface area contributed by atoms with Crippen LogP contribution in [0.4, 0.5) is 5.69 Å². The van der Waals surface area contributed by atoms with E-state index in [2.05, 4.69) is 28.2 Å². The summed E-state index contributed by atoms with van der Waals surface area (Å²) in [6.45, 7) is 4.70. The minimum Gasteiger partial charge on any atom is -0.494 e. The Labute approximate surface area is 225 Å². The van der Waals surface area contributed by atoms with Gasteiger partial charge in [0.2, 0.25) is 5.91 Å². The molecule has 36 heavy (non-hydrogen) atoms. The summed E-state index contributed by atoms with van der Waals surface area (Å²) in [7, 11) is 0. The lowest BCUT2D eigenvalue weighted by atomic mass is 10.1. The van der Waals surface area contributed by atoms with Gasteiger partial charge in [-0.2, -0.15) is 0 Å². The maximum Gasteiger partial charge on any atom is 0.265 e. The van der Waals surface area contributed by atoms with E-state index in [-0.39, 0.29) is 24.4 Å². The van der Waals surface area contributed by atoms with E-state index in [4.69, 9.17) is 4.74 Å². The van der Waals surface area contributed by atoms with Gasteiger partial charge in [0, 0.05) is 9.37 Å². The predicted molar refractivity (Wildman–Crippen MR) is 150 cm³/mol. The molecule has 0 aliphatic carbocycles. The zero-order valence-electron chi connectivity index (χ0n) is 20.4. The first-order valence-corrected chi connectivity index (χ1v) is 13.6. The second-order valence-electron chi connectivity index (χ2n) is 8.58. The molecule has 0 radical (unpaired) electrons. The summed E-state index contributed by atoms with van der Waals surface area (Å²) in [6.07, 6.45) is 3.97. The Bertz CT molecular complexity index is 1260. The first kappa shape index (κ1) is 26.0. The Balaban J connectivity index is 1.47. The molecule has 2 amide bonds. The van der Waals surface area contributed by atoms with Crippen LogP contribution in [0.25, 0.3) is 6.08 Å². The van der Waals surface area contributed by atoms with Gasteiger partial charge in [-0.3, -0.25) is 14.5 Å². The molecule has 1 unspecified atom stereocenters. The van der Waals surface area contributed by atoms with E-state index >= 15 is 0 Å². The lowest BCUT2D eigenvalue weighted by Gasteiger charge is -2.30. The van der Waals surface area contributed by atoms with Gasteiger partial charge in [-0.15, -0.1) is 0 Å². The minimum atomic E-state index is -0.220. The molecule has 1 aliphatic heterocycles. The number of nitrogens with one attached hydrogen (secondary N) is 1. The largest absolute Gasteiger partial charge is 0.494 e. The summed E-state index contributed by atoms with van der Waals surface area (Å²) < 4.78 is 6.67. The van der Waals surface area contributed by atoms with Crippen LogP contribution in [0.1, 0.15) is 43.9 Å². The van der Waals surface area contributed by atoms with Crippen LogP contribution in [0, 0.1) is 0 Å². The van der Waals surface area contributed by atoms with Crippen LogP contribution in [-0.2, 0) is 9.59 Å². The van der Waals surface area contributed by atoms with Crippen molar-refractivity contribution in [2.45, 2.75) is 37.6 Å². The summed E-state index contributed by atoms with van der Waals surface area (Å²) in [5.74, 6) is 0.418. The summed E-state index contributed by atoms with van der Waals surface area (Å²) in [6, 6.07) is 23.0. The number of carbonyl (C=O) groups is 2. The van der Waals surface area contributed by atoms with Crippen molar-refractivity contribution in [3.8, 4) is 5.75 Å². The Morgan fingerprint density at radius 3 is 2.64 bits per heavy atom. The third kappa shape index (κ3) is 6.59. The molecule has 0 bridgehead atoms. The number of unbranched alkanes of at least 4 members (excludes halogenated alkanes) is 1. The van der Waals surface area contributed by atoms with Gasteiger partial charge in [0.15, 0.2) is 0 Å². The molecule has 7 heteroatoms. The Kier molecular flexibility index (Phi) is 8.88. The Hall–Kier alpha value is -3.03. The van der Waals surface area contributed by atoms with E-state index < -0.39 is 0 Å². The number of halogens is 1. The van der Waals surface area contributed by atoms with Crippen molar-refractivity contribution in [3.05, 3.63) is 93.3 Å². The van der Waals surface area contributed by atoms with E-state index in [1.165, 1.54) is 11.8 Å². The van der Waals surface area contributed by atoms with E-state index in [9.17, 15) is 9.59 Å². The molecule has 5 nitrogen and oxygen atoms in total. The Morgan fingerprint density at radius 1 is 1.11 bits per heavy atom. The highest BCUT2D eigenvalue weighted by Gasteiger charge is 2.30. The van der Waals surface area contributed by atoms with Gasteiger partial charge in [-0.05, 0) is 66.9 Å². The summed E-state index contributed by atoms with van der Waals surface area (Å²) in [5.41, 5.74) is 2.64. The third-order valence-electron chi connectivity index (χ3n) is 5.80. The van der Waals surface area contributed by atoms with Gasteiger partial charge in [0.1, 0.15) is 12.3 Å². The predicted octanol–water partition coefficient (Wildman–Crippen LogP) is 6.99. The number of hydrogen-bond acceptors (Lipinski definition) is 4. The van der Waals surface area contributed by atoms with E-state index in [0.717, 1.165) is 44.8 Å². The van der Waals surface area contributed by atoms with Crippen molar-refractivity contribution in [1.29, 1.82) is 0 Å². The topological polar surface area (TPSA) is 58.6 Å². The number of anilines is 1.